The summed E-state index contributed by atoms with van der Waals surface area (Å²) in [5, 5.41) is 0. The lowest BCUT2D eigenvalue weighted by Crippen LogP contribution is -2.42. The lowest BCUT2D eigenvalue weighted by Gasteiger charge is -2.23. The van der Waals surface area contributed by atoms with Crippen LogP contribution < -0.4 is 14.4 Å². The first-order valence-corrected chi connectivity index (χ1v) is 9.49. The summed E-state index contributed by atoms with van der Waals surface area (Å²) in [6.07, 6.45) is 0.610. The van der Waals surface area contributed by atoms with Crippen LogP contribution in [0.3, 0.4) is 0 Å². The second-order valence-corrected chi connectivity index (χ2v) is 7.26. The summed E-state index contributed by atoms with van der Waals surface area (Å²) >= 11 is 0. The van der Waals surface area contributed by atoms with E-state index in [1.54, 1.807) is 48.2 Å². The molecule has 1 spiro atoms. The van der Waals surface area contributed by atoms with Crippen LogP contribution in [0.1, 0.15) is 29.3 Å². The van der Waals surface area contributed by atoms with Crippen LogP contribution in [0.4, 0.5) is 5.69 Å². The number of carbonyl (C=O) groups excluding carboxylic acids is 2. The molecule has 0 radical (unpaired) electrons. The summed E-state index contributed by atoms with van der Waals surface area (Å²) in [5.74, 6) is 1.44. The number of hydrogen-bond donors (Lipinski definition) is 0. The molecule has 1 atom stereocenters. The highest BCUT2D eigenvalue weighted by atomic mass is 16.5. The highest BCUT2D eigenvalue weighted by Crippen LogP contribution is 2.48. The number of likely N-dealkylation sites (N-methyl/N-ethyl adjacent to an activating group) is 1. The normalized spacial score (nSPS) is 20.6. The third-order valence-corrected chi connectivity index (χ3v) is 5.76. The molecule has 6 heteroatoms. The molecule has 4 rings (SSSR count). The SMILES string of the molecule is CCOc1ccc(C(=O)N2CC[C@@]3(C2)C(=O)N(C)c2ccc(OC)cc23)cc1. The monoisotopic (exact) mass is 380 g/mol. The molecule has 2 aromatic rings. The second kappa shape index (κ2) is 6.86. The van der Waals surface area contributed by atoms with Crippen molar-refractivity contribution in [1.82, 2.24) is 4.90 Å². The third kappa shape index (κ3) is 2.71. The van der Waals surface area contributed by atoms with E-state index in [0.29, 0.717) is 31.7 Å². The molecule has 2 aromatic carbocycles. The van der Waals surface area contributed by atoms with Gasteiger partial charge in [-0.15, -0.1) is 0 Å². The summed E-state index contributed by atoms with van der Waals surface area (Å²) in [7, 11) is 3.41. The van der Waals surface area contributed by atoms with Crippen molar-refractivity contribution in [2.45, 2.75) is 18.8 Å². The van der Waals surface area contributed by atoms with Gasteiger partial charge in [-0.1, -0.05) is 0 Å². The Morgan fingerprint density at radius 3 is 2.54 bits per heavy atom. The maximum absolute atomic E-state index is 13.1. The molecule has 1 fully saturated rings. The molecule has 2 heterocycles. The van der Waals surface area contributed by atoms with Gasteiger partial charge in [0.1, 0.15) is 11.5 Å². The van der Waals surface area contributed by atoms with E-state index in [4.69, 9.17) is 9.47 Å². The van der Waals surface area contributed by atoms with Crippen molar-refractivity contribution in [2.75, 3.05) is 38.8 Å². The van der Waals surface area contributed by atoms with Crippen molar-refractivity contribution in [3.63, 3.8) is 0 Å². The molecule has 0 aliphatic carbocycles. The molecule has 0 saturated carbocycles. The summed E-state index contributed by atoms with van der Waals surface area (Å²) in [5.41, 5.74) is 1.74. The van der Waals surface area contributed by atoms with Crippen LogP contribution in [-0.2, 0) is 10.2 Å². The Morgan fingerprint density at radius 2 is 1.86 bits per heavy atom. The number of methoxy groups -OCH3 is 1. The molecule has 146 valence electrons. The number of ether oxygens (including phenoxy) is 2. The van der Waals surface area contributed by atoms with Crippen LogP contribution in [0.25, 0.3) is 0 Å². The van der Waals surface area contributed by atoms with Gasteiger partial charge < -0.3 is 19.3 Å². The molecule has 0 aromatic heterocycles. The fraction of sp³-hybridized carbons (Fsp3) is 0.364. The molecule has 1 saturated heterocycles. The Balaban J connectivity index is 1.61. The van der Waals surface area contributed by atoms with Gasteiger partial charge >= 0.3 is 0 Å². The number of rotatable bonds is 4. The molecular formula is C22H24N2O4. The Labute approximate surface area is 164 Å². The number of hydrogen-bond acceptors (Lipinski definition) is 4. The number of carbonyl (C=O) groups is 2. The summed E-state index contributed by atoms with van der Waals surface area (Å²) < 4.78 is 10.8. The maximum Gasteiger partial charge on any atom is 0.253 e. The predicted molar refractivity (Wildman–Crippen MR) is 106 cm³/mol. The van der Waals surface area contributed by atoms with Gasteiger partial charge in [0.25, 0.3) is 5.91 Å². The van der Waals surface area contributed by atoms with Gasteiger partial charge in [0.05, 0.1) is 19.1 Å². The predicted octanol–water partition coefficient (Wildman–Crippen LogP) is 2.85. The van der Waals surface area contributed by atoms with Gasteiger partial charge in [-0.2, -0.15) is 0 Å². The number of amides is 2. The summed E-state index contributed by atoms with van der Waals surface area (Å²) in [6, 6.07) is 12.9. The molecule has 6 nitrogen and oxygen atoms in total. The van der Waals surface area contributed by atoms with E-state index in [1.807, 2.05) is 25.1 Å². The van der Waals surface area contributed by atoms with Gasteiger partial charge in [-0.3, -0.25) is 9.59 Å². The van der Waals surface area contributed by atoms with Crippen molar-refractivity contribution >= 4 is 17.5 Å². The molecule has 2 aliphatic heterocycles. The van der Waals surface area contributed by atoms with E-state index in [9.17, 15) is 9.59 Å². The van der Waals surface area contributed by atoms with E-state index in [1.165, 1.54) is 0 Å². The van der Waals surface area contributed by atoms with Crippen LogP contribution in [-0.4, -0.2) is 50.6 Å². The summed E-state index contributed by atoms with van der Waals surface area (Å²) in [4.78, 5) is 29.6. The number of likely N-dealkylation sites (tertiary alicyclic amines) is 1. The molecule has 2 aliphatic rings. The number of benzene rings is 2. The van der Waals surface area contributed by atoms with Gasteiger partial charge in [-0.25, -0.2) is 0 Å². The minimum Gasteiger partial charge on any atom is -0.497 e. The average Bonchev–Trinajstić information content (AvgIpc) is 3.26. The van der Waals surface area contributed by atoms with E-state index >= 15 is 0 Å². The van der Waals surface area contributed by atoms with Crippen molar-refractivity contribution in [3.05, 3.63) is 53.6 Å². The van der Waals surface area contributed by atoms with Crippen LogP contribution >= 0.6 is 0 Å². The van der Waals surface area contributed by atoms with E-state index in [2.05, 4.69) is 0 Å². The quantitative estimate of drug-likeness (QED) is 0.818. The molecule has 28 heavy (non-hydrogen) atoms. The minimum atomic E-state index is -0.695. The number of anilines is 1. The van der Waals surface area contributed by atoms with Gasteiger partial charge in [0, 0.05) is 31.4 Å². The molecule has 0 unspecified atom stereocenters. The fourth-order valence-corrected chi connectivity index (χ4v) is 4.28. The van der Waals surface area contributed by atoms with Crippen LogP contribution in [0.2, 0.25) is 0 Å². The Hall–Kier alpha value is -3.02. The first kappa shape index (κ1) is 18.3. The first-order valence-electron chi connectivity index (χ1n) is 9.49. The largest absolute Gasteiger partial charge is 0.497 e. The molecule has 0 N–H and O–H groups in total. The van der Waals surface area contributed by atoms with E-state index in [-0.39, 0.29) is 11.8 Å². The standard InChI is InChI=1S/C22H24N2O4/c1-4-28-16-7-5-15(6-8-16)20(25)24-12-11-22(14-24)18-13-17(27-3)9-10-19(18)23(2)21(22)26/h5-10,13H,4,11-12,14H2,1-3H3/t22-/m0/s1. The van der Waals surface area contributed by atoms with Crippen molar-refractivity contribution in [2.24, 2.45) is 0 Å². The van der Waals surface area contributed by atoms with Gasteiger partial charge in [0.15, 0.2) is 0 Å². The Bertz CT molecular complexity index is 925. The average molecular weight is 380 g/mol. The highest BCUT2D eigenvalue weighted by Gasteiger charge is 2.54. The third-order valence-electron chi connectivity index (χ3n) is 5.76. The van der Waals surface area contributed by atoms with Crippen LogP contribution in [0, 0.1) is 0 Å². The van der Waals surface area contributed by atoms with Crippen molar-refractivity contribution < 1.29 is 19.1 Å². The maximum atomic E-state index is 13.1. The number of nitrogens with zero attached hydrogens (tertiary/aromatic N) is 2. The van der Waals surface area contributed by atoms with Crippen molar-refractivity contribution in [3.8, 4) is 11.5 Å². The van der Waals surface area contributed by atoms with Gasteiger partial charge in [-0.05, 0) is 61.4 Å². The molecule has 2 amide bonds. The summed E-state index contributed by atoms with van der Waals surface area (Å²) in [6.45, 7) is 3.43. The molecular weight excluding hydrogens is 356 g/mol. The zero-order valence-electron chi connectivity index (χ0n) is 16.4. The topological polar surface area (TPSA) is 59.1 Å². The lowest BCUT2D eigenvalue weighted by atomic mass is 9.81. The van der Waals surface area contributed by atoms with Crippen molar-refractivity contribution in [1.29, 1.82) is 0 Å². The Morgan fingerprint density at radius 1 is 1.14 bits per heavy atom. The van der Waals surface area contributed by atoms with E-state index in [0.717, 1.165) is 22.7 Å². The van der Waals surface area contributed by atoms with Gasteiger partial charge in [0.2, 0.25) is 5.91 Å². The Kier molecular flexibility index (Phi) is 4.49. The highest BCUT2D eigenvalue weighted by molar-refractivity contribution is 6.09. The first-order chi connectivity index (χ1) is 13.5. The van der Waals surface area contributed by atoms with Crippen LogP contribution in [0.15, 0.2) is 42.5 Å². The van der Waals surface area contributed by atoms with Crippen LogP contribution in [0.5, 0.6) is 11.5 Å². The number of fused-ring (bicyclic) bond motifs is 2. The molecule has 0 bridgehead atoms. The second-order valence-electron chi connectivity index (χ2n) is 7.26. The fourth-order valence-electron chi connectivity index (χ4n) is 4.28. The minimum absolute atomic E-state index is 0.0396. The van der Waals surface area contributed by atoms with E-state index < -0.39 is 5.41 Å². The lowest BCUT2D eigenvalue weighted by molar-refractivity contribution is -0.122. The smallest absolute Gasteiger partial charge is 0.253 e. The zero-order valence-corrected chi connectivity index (χ0v) is 16.4. The zero-order chi connectivity index (χ0) is 19.9.